The maximum absolute atomic E-state index is 13.5. The van der Waals surface area contributed by atoms with Gasteiger partial charge in [-0.3, -0.25) is 9.10 Å². The molecule has 5 nitrogen and oxygen atoms in total. The summed E-state index contributed by atoms with van der Waals surface area (Å²) in [4.78, 5) is 15.0. The van der Waals surface area contributed by atoms with E-state index in [1.165, 1.54) is 4.31 Å². The van der Waals surface area contributed by atoms with Crippen molar-refractivity contribution in [2.24, 2.45) is 0 Å². The summed E-state index contributed by atoms with van der Waals surface area (Å²) in [7, 11) is -3.92. The molecule has 0 saturated heterocycles. The molecule has 0 fully saturated rings. The van der Waals surface area contributed by atoms with Crippen LogP contribution in [0.1, 0.15) is 11.1 Å². The number of carbonyl (C=O) groups excluding carboxylic acids is 1. The first-order valence-corrected chi connectivity index (χ1v) is 11.8. The normalized spacial score (nSPS) is 13.2. The molecule has 0 saturated carbocycles. The molecule has 0 aliphatic carbocycles. The van der Waals surface area contributed by atoms with E-state index in [1.54, 1.807) is 53.4 Å². The second-order valence-corrected chi connectivity index (χ2v) is 10.0. The second kappa shape index (κ2) is 8.24. The Balaban J connectivity index is 1.70. The summed E-state index contributed by atoms with van der Waals surface area (Å²) in [5.41, 5.74) is 3.36. The van der Waals surface area contributed by atoms with E-state index in [0.717, 1.165) is 27.7 Å². The van der Waals surface area contributed by atoms with Crippen molar-refractivity contribution in [2.45, 2.75) is 18.2 Å². The number of sulfonamides is 1. The van der Waals surface area contributed by atoms with Crippen LogP contribution >= 0.6 is 15.9 Å². The zero-order valence-electron chi connectivity index (χ0n) is 16.5. The third-order valence-corrected chi connectivity index (χ3v) is 7.51. The maximum Gasteiger partial charge on any atom is 0.264 e. The van der Waals surface area contributed by atoms with Gasteiger partial charge < -0.3 is 4.90 Å². The molecule has 0 spiro atoms. The molecular weight excluding hydrogens is 464 g/mol. The number of halogens is 1. The number of fused-ring (bicyclic) bond motifs is 1. The van der Waals surface area contributed by atoms with Crippen molar-refractivity contribution in [3.63, 3.8) is 0 Å². The van der Waals surface area contributed by atoms with Gasteiger partial charge in [0.2, 0.25) is 5.91 Å². The SMILES string of the molecule is Cc1ccc(S(=O)(=O)N(CC(=O)N2CCc3ccccc32)c2ccc(Br)cc2)cc1. The zero-order chi connectivity index (χ0) is 21.3. The highest BCUT2D eigenvalue weighted by Crippen LogP contribution is 2.30. The van der Waals surface area contributed by atoms with Crippen molar-refractivity contribution in [3.05, 3.63) is 88.4 Å². The number of hydrogen-bond donors (Lipinski definition) is 0. The standard InChI is InChI=1S/C23H21BrN2O3S/c1-17-6-12-21(13-7-17)30(28,29)26(20-10-8-19(24)9-11-20)16-23(27)25-15-14-18-4-2-3-5-22(18)25/h2-13H,14-16H2,1H3. The van der Waals surface area contributed by atoms with Crippen LogP contribution < -0.4 is 9.21 Å². The number of anilines is 2. The first-order valence-electron chi connectivity index (χ1n) is 9.59. The second-order valence-electron chi connectivity index (χ2n) is 7.23. The van der Waals surface area contributed by atoms with Crippen molar-refractivity contribution in [1.29, 1.82) is 0 Å². The van der Waals surface area contributed by atoms with Gasteiger partial charge in [-0.25, -0.2) is 8.42 Å². The molecule has 0 unspecified atom stereocenters. The highest BCUT2D eigenvalue weighted by molar-refractivity contribution is 9.10. The Morgan fingerprint density at radius 3 is 2.37 bits per heavy atom. The summed E-state index contributed by atoms with van der Waals surface area (Å²) in [5, 5.41) is 0. The number of para-hydroxylation sites is 1. The fourth-order valence-corrected chi connectivity index (χ4v) is 5.24. The van der Waals surface area contributed by atoms with Gasteiger partial charge in [0.15, 0.2) is 0 Å². The van der Waals surface area contributed by atoms with E-state index < -0.39 is 10.0 Å². The van der Waals surface area contributed by atoms with Crippen LogP contribution in [0.4, 0.5) is 11.4 Å². The predicted molar refractivity (Wildman–Crippen MR) is 122 cm³/mol. The predicted octanol–water partition coefficient (Wildman–Crippen LogP) is 4.54. The number of aryl methyl sites for hydroxylation is 1. The van der Waals surface area contributed by atoms with E-state index in [2.05, 4.69) is 15.9 Å². The van der Waals surface area contributed by atoms with Crippen LogP contribution in [0.5, 0.6) is 0 Å². The lowest BCUT2D eigenvalue weighted by Crippen LogP contribution is -2.42. The molecule has 0 bridgehead atoms. The average molecular weight is 485 g/mol. The molecule has 1 aliphatic heterocycles. The molecule has 0 N–H and O–H groups in total. The summed E-state index contributed by atoms with van der Waals surface area (Å²) in [5.74, 6) is -0.251. The number of carbonyl (C=O) groups is 1. The molecule has 1 heterocycles. The highest BCUT2D eigenvalue weighted by atomic mass is 79.9. The van der Waals surface area contributed by atoms with Crippen molar-refractivity contribution in [1.82, 2.24) is 0 Å². The van der Waals surface area contributed by atoms with Crippen LogP contribution in [0.2, 0.25) is 0 Å². The van der Waals surface area contributed by atoms with E-state index in [4.69, 9.17) is 0 Å². The zero-order valence-corrected chi connectivity index (χ0v) is 18.9. The molecule has 0 aromatic heterocycles. The van der Waals surface area contributed by atoms with Crippen molar-refractivity contribution in [2.75, 3.05) is 22.3 Å². The van der Waals surface area contributed by atoms with Crippen molar-refractivity contribution in [3.8, 4) is 0 Å². The van der Waals surface area contributed by atoms with Gasteiger partial charge in [-0.1, -0.05) is 51.8 Å². The number of hydrogen-bond acceptors (Lipinski definition) is 3. The van der Waals surface area contributed by atoms with Crippen LogP contribution in [0.15, 0.2) is 82.2 Å². The minimum absolute atomic E-state index is 0.158. The van der Waals surface area contributed by atoms with Gasteiger partial charge >= 0.3 is 0 Å². The minimum atomic E-state index is -3.92. The molecule has 30 heavy (non-hydrogen) atoms. The van der Waals surface area contributed by atoms with Crippen LogP contribution in [-0.4, -0.2) is 27.4 Å². The first-order chi connectivity index (χ1) is 14.4. The van der Waals surface area contributed by atoms with Crippen molar-refractivity contribution < 1.29 is 13.2 Å². The Kier molecular flexibility index (Phi) is 5.66. The number of benzene rings is 3. The molecule has 4 rings (SSSR count). The number of nitrogens with zero attached hydrogens (tertiary/aromatic N) is 2. The molecule has 3 aromatic carbocycles. The number of rotatable bonds is 5. The maximum atomic E-state index is 13.5. The quantitative estimate of drug-likeness (QED) is 0.533. The molecular formula is C23H21BrN2O3S. The fourth-order valence-electron chi connectivity index (χ4n) is 3.57. The molecule has 3 aromatic rings. The van der Waals surface area contributed by atoms with E-state index in [0.29, 0.717) is 12.2 Å². The van der Waals surface area contributed by atoms with Gasteiger partial charge in [-0.05, 0) is 61.4 Å². The van der Waals surface area contributed by atoms with Gasteiger partial charge in [0.1, 0.15) is 6.54 Å². The Hall–Kier alpha value is -2.64. The van der Waals surface area contributed by atoms with Gasteiger partial charge in [0.05, 0.1) is 10.6 Å². The number of amides is 1. The Morgan fingerprint density at radius 1 is 1.00 bits per heavy atom. The van der Waals surface area contributed by atoms with Gasteiger partial charge in [-0.2, -0.15) is 0 Å². The van der Waals surface area contributed by atoms with E-state index >= 15 is 0 Å². The van der Waals surface area contributed by atoms with Gasteiger partial charge in [0, 0.05) is 16.7 Å². The molecule has 7 heteroatoms. The molecule has 1 aliphatic rings. The Labute approximate surface area is 185 Å². The average Bonchev–Trinajstić information content (AvgIpc) is 3.17. The lowest BCUT2D eigenvalue weighted by atomic mass is 10.2. The first kappa shape index (κ1) is 20.6. The lowest BCUT2D eigenvalue weighted by molar-refractivity contribution is -0.117. The highest BCUT2D eigenvalue weighted by Gasteiger charge is 2.31. The third-order valence-electron chi connectivity index (χ3n) is 5.19. The topological polar surface area (TPSA) is 57.7 Å². The molecule has 0 atom stereocenters. The Morgan fingerprint density at radius 2 is 1.67 bits per heavy atom. The van der Waals surface area contributed by atoms with E-state index in [1.807, 2.05) is 31.2 Å². The summed E-state index contributed by atoms with van der Waals surface area (Å²) >= 11 is 3.38. The van der Waals surface area contributed by atoms with Crippen LogP contribution in [0.3, 0.4) is 0 Å². The summed E-state index contributed by atoms with van der Waals surface area (Å²) in [6.07, 6.45) is 0.769. The summed E-state index contributed by atoms with van der Waals surface area (Å²) in [6.45, 7) is 2.18. The monoisotopic (exact) mass is 484 g/mol. The van der Waals surface area contributed by atoms with Crippen molar-refractivity contribution >= 4 is 43.2 Å². The largest absolute Gasteiger partial charge is 0.310 e. The molecule has 154 valence electrons. The van der Waals surface area contributed by atoms with E-state index in [-0.39, 0.29) is 17.3 Å². The van der Waals surface area contributed by atoms with Gasteiger partial charge in [0.25, 0.3) is 10.0 Å². The van der Waals surface area contributed by atoms with E-state index in [9.17, 15) is 13.2 Å². The van der Waals surface area contributed by atoms with Gasteiger partial charge in [-0.15, -0.1) is 0 Å². The third kappa shape index (κ3) is 4.00. The Bertz CT molecular complexity index is 1180. The molecule has 0 radical (unpaired) electrons. The smallest absolute Gasteiger partial charge is 0.264 e. The van der Waals surface area contributed by atoms with Crippen LogP contribution in [0.25, 0.3) is 0 Å². The summed E-state index contributed by atoms with van der Waals surface area (Å²) in [6, 6.07) is 21.3. The van der Waals surface area contributed by atoms with Crippen LogP contribution in [0, 0.1) is 6.92 Å². The van der Waals surface area contributed by atoms with Crippen LogP contribution in [-0.2, 0) is 21.2 Å². The summed E-state index contributed by atoms with van der Waals surface area (Å²) < 4.78 is 29.0. The fraction of sp³-hybridized carbons (Fsp3) is 0.174. The minimum Gasteiger partial charge on any atom is -0.310 e. The molecule has 1 amide bonds. The lowest BCUT2D eigenvalue weighted by Gasteiger charge is -2.27.